The summed E-state index contributed by atoms with van der Waals surface area (Å²) in [6.45, 7) is 3.48. The van der Waals surface area contributed by atoms with Gasteiger partial charge in [0.1, 0.15) is 18.1 Å². The molecule has 0 bridgehead atoms. The molecule has 0 aliphatic carbocycles. The normalized spacial score (nSPS) is 17.5. The first-order valence-corrected chi connectivity index (χ1v) is 10.8. The average molecular weight is 436 g/mol. The molecule has 7 nitrogen and oxygen atoms in total. The highest BCUT2D eigenvalue weighted by atomic mass is 16.5. The molecule has 0 N–H and O–H groups in total. The second-order valence-corrected chi connectivity index (χ2v) is 8.02. The van der Waals surface area contributed by atoms with E-state index in [0.29, 0.717) is 45.9 Å². The van der Waals surface area contributed by atoms with Gasteiger partial charge in [-0.05, 0) is 29.3 Å². The molecule has 0 saturated carbocycles. The van der Waals surface area contributed by atoms with Crippen LogP contribution in [-0.4, -0.2) is 53.5 Å². The van der Waals surface area contributed by atoms with Crippen molar-refractivity contribution >= 4 is 5.91 Å². The lowest BCUT2D eigenvalue weighted by Gasteiger charge is -2.25. The molecule has 1 aromatic carbocycles. The number of aromatic nitrogens is 1. The van der Waals surface area contributed by atoms with Gasteiger partial charge in [0.15, 0.2) is 0 Å². The zero-order valence-corrected chi connectivity index (χ0v) is 18.4. The highest BCUT2D eigenvalue weighted by Crippen LogP contribution is 2.17. The van der Waals surface area contributed by atoms with Gasteiger partial charge in [0.05, 0.1) is 25.8 Å². The van der Waals surface area contributed by atoms with Crippen LogP contribution < -0.4 is 0 Å². The maximum atomic E-state index is 13.1. The Morgan fingerprint density at radius 3 is 2.56 bits per heavy atom. The topological polar surface area (TPSA) is 68.0 Å². The summed E-state index contributed by atoms with van der Waals surface area (Å²) in [5.41, 5.74) is 2.12. The van der Waals surface area contributed by atoms with Crippen LogP contribution in [0.1, 0.15) is 22.6 Å². The third-order valence-corrected chi connectivity index (χ3v) is 5.41. The van der Waals surface area contributed by atoms with Crippen molar-refractivity contribution < 1.29 is 18.7 Å². The zero-order valence-electron chi connectivity index (χ0n) is 18.4. The molecule has 0 spiro atoms. The molecule has 168 valence electrons. The minimum atomic E-state index is -0.119. The molecule has 1 aliphatic rings. The molecule has 1 aliphatic heterocycles. The van der Waals surface area contributed by atoms with Crippen LogP contribution in [0.3, 0.4) is 0 Å². The monoisotopic (exact) mass is 435 g/mol. The van der Waals surface area contributed by atoms with Crippen molar-refractivity contribution in [3.8, 4) is 0 Å². The number of hydrogen-bond donors (Lipinski definition) is 0. The molecule has 3 aromatic rings. The number of carbonyl (C=O) groups excluding carboxylic acids is 1. The lowest BCUT2D eigenvalue weighted by molar-refractivity contribution is -0.132. The number of hydrogen-bond acceptors (Lipinski definition) is 6. The lowest BCUT2D eigenvalue weighted by atomic mass is 10.2. The van der Waals surface area contributed by atoms with E-state index in [-0.39, 0.29) is 12.0 Å². The molecular weight excluding hydrogens is 406 g/mol. The number of benzene rings is 1. The van der Waals surface area contributed by atoms with E-state index >= 15 is 0 Å². The third kappa shape index (κ3) is 6.26. The molecule has 1 saturated heterocycles. The number of nitrogens with zero attached hydrogens (tertiary/aromatic N) is 3. The van der Waals surface area contributed by atoms with Crippen molar-refractivity contribution in [2.24, 2.45) is 0 Å². The zero-order chi connectivity index (χ0) is 22.2. The van der Waals surface area contributed by atoms with Gasteiger partial charge in [-0.15, -0.1) is 0 Å². The van der Waals surface area contributed by atoms with Crippen molar-refractivity contribution in [1.29, 1.82) is 0 Å². The van der Waals surface area contributed by atoms with E-state index < -0.39 is 0 Å². The van der Waals surface area contributed by atoms with Crippen LogP contribution in [0.15, 0.2) is 71.4 Å². The Hall–Kier alpha value is -3.00. The van der Waals surface area contributed by atoms with Crippen molar-refractivity contribution in [2.75, 3.05) is 26.7 Å². The predicted molar refractivity (Wildman–Crippen MR) is 119 cm³/mol. The van der Waals surface area contributed by atoms with Crippen LogP contribution in [0.25, 0.3) is 0 Å². The van der Waals surface area contributed by atoms with Crippen molar-refractivity contribution in [2.45, 2.75) is 32.4 Å². The molecule has 1 amide bonds. The maximum Gasteiger partial charge on any atom is 0.237 e. The Bertz CT molecular complexity index is 977. The SMILES string of the molecule is COCc1ccc(CN2CC(=O)N(Cc3cccnc3)CC(OCc3ccccc3)C2)o1. The van der Waals surface area contributed by atoms with Gasteiger partial charge >= 0.3 is 0 Å². The number of methoxy groups -OCH3 is 1. The number of pyridine rings is 1. The molecule has 1 atom stereocenters. The molecule has 3 heterocycles. The molecule has 32 heavy (non-hydrogen) atoms. The molecule has 7 heteroatoms. The van der Waals surface area contributed by atoms with Crippen molar-refractivity contribution in [3.63, 3.8) is 0 Å². The Balaban J connectivity index is 1.46. The van der Waals surface area contributed by atoms with Crippen LogP contribution in [0.2, 0.25) is 0 Å². The minimum Gasteiger partial charge on any atom is -0.462 e. The van der Waals surface area contributed by atoms with E-state index in [9.17, 15) is 4.79 Å². The second kappa shape index (κ2) is 11.0. The number of ether oxygens (including phenoxy) is 2. The van der Waals surface area contributed by atoms with E-state index in [0.717, 1.165) is 22.6 Å². The fourth-order valence-electron chi connectivity index (χ4n) is 3.88. The van der Waals surface area contributed by atoms with E-state index in [1.54, 1.807) is 19.5 Å². The van der Waals surface area contributed by atoms with Crippen molar-refractivity contribution in [1.82, 2.24) is 14.8 Å². The number of furan rings is 1. The molecule has 4 rings (SSSR count). The first kappa shape index (κ1) is 22.2. The summed E-state index contributed by atoms with van der Waals surface area (Å²) < 4.78 is 17.3. The second-order valence-electron chi connectivity index (χ2n) is 8.02. The Kier molecular flexibility index (Phi) is 7.66. The largest absolute Gasteiger partial charge is 0.462 e. The van der Waals surface area contributed by atoms with Gasteiger partial charge in [-0.25, -0.2) is 0 Å². The summed E-state index contributed by atoms with van der Waals surface area (Å²) >= 11 is 0. The third-order valence-electron chi connectivity index (χ3n) is 5.41. The smallest absolute Gasteiger partial charge is 0.237 e. The summed E-state index contributed by atoms with van der Waals surface area (Å²) in [6.07, 6.45) is 3.42. The van der Waals surface area contributed by atoms with Crippen molar-refractivity contribution in [3.05, 3.63) is 89.6 Å². The Labute approximate surface area is 188 Å². The van der Waals surface area contributed by atoms with Gasteiger partial charge in [-0.3, -0.25) is 14.7 Å². The van der Waals surface area contributed by atoms with E-state index in [1.807, 2.05) is 59.5 Å². The molecule has 2 aromatic heterocycles. The first-order chi connectivity index (χ1) is 15.7. The predicted octanol–water partition coefficient (Wildman–Crippen LogP) is 3.25. The Morgan fingerprint density at radius 1 is 0.969 bits per heavy atom. The fourth-order valence-corrected chi connectivity index (χ4v) is 3.88. The summed E-state index contributed by atoms with van der Waals surface area (Å²) in [6, 6.07) is 17.8. The highest BCUT2D eigenvalue weighted by molar-refractivity contribution is 5.78. The number of amides is 1. The van der Waals surface area contributed by atoms with Crippen LogP contribution in [-0.2, 0) is 40.6 Å². The molecule has 0 radical (unpaired) electrons. The van der Waals surface area contributed by atoms with E-state index in [4.69, 9.17) is 13.9 Å². The minimum absolute atomic E-state index is 0.0725. The van der Waals surface area contributed by atoms with Crippen LogP contribution in [0, 0.1) is 0 Å². The average Bonchev–Trinajstić information content (AvgIpc) is 3.19. The summed E-state index contributed by atoms with van der Waals surface area (Å²) in [5, 5.41) is 0. The van der Waals surface area contributed by atoms with Crippen LogP contribution in [0.4, 0.5) is 0 Å². The van der Waals surface area contributed by atoms with E-state index in [2.05, 4.69) is 9.88 Å². The maximum absolute atomic E-state index is 13.1. The number of carbonyl (C=O) groups is 1. The molecular formula is C25H29N3O4. The highest BCUT2D eigenvalue weighted by Gasteiger charge is 2.29. The van der Waals surface area contributed by atoms with Gasteiger partial charge in [0.25, 0.3) is 0 Å². The van der Waals surface area contributed by atoms with Gasteiger partial charge in [0, 0.05) is 39.1 Å². The standard InChI is InChI=1S/C25H29N3O4/c1-30-19-23-10-9-22(32-23)14-27-15-24(31-18-20-6-3-2-4-7-20)16-28(25(29)17-27)13-21-8-5-11-26-12-21/h2-12,24H,13-19H2,1H3. The number of rotatable bonds is 9. The summed E-state index contributed by atoms with van der Waals surface area (Å²) in [5.74, 6) is 1.66. The van der Waals surface area contributed by atoms with Gasteiger partial charge < -0.3 is 18.8 Å². The van der Waals surface area contributed by atoms with Gasteiger partial charge in [0.2, 0.25) is 5.91 Å². The summed E-state index contributed by atoms with van der Waals surface area (Å²) in [7, 11) is 1.64. The lowest BCUT2D eigenvalue weighted by Crippen LogP contribution is -2.37. The van der Waals surface area contributed by atoms with Crippen LogP contribution in [0.5, 0.6) is 0 Å². The fraction of sp³-hybridized carbons (Fsp3) is 0.360. The molecule has 1 unspecified atom stereocenters. The van der Waals surface area contributed by atoms with Crippen LogP contribution >= 0.6 is 0 Å². The quantitative estimate of drug-likeness (QED) is 0.514. The van der Waals surface area contributed by atoms with E-state index in [1.165, 1.54) is 0 Å². The summed E-state index contributed by atoms with van der Waals surface area (Å²) in [4.78, 5) is 21.2. The first-order valence-electron chi connectivity index (χ1n) is 10.8. The molecule has 1 fully saturated rings. The van der Waals surface area contributed by atoms with Gasteiger partial charge in [-0.1, -0.05) is 36.4 Å². The van der Waals surface area contributed by atoms with Gasteiger partial charge in [-0.2, -0.15) is 0 Å². The Morgan fingerprint density at radius 2 is 1.78 bits per heavy atom.